The Morgan fingerprint density at radius 2 is 1.93 bits per heavy atom. The summed E-state index contributed by atoms with van der Waals surface area (Å²) < 4.78 is 27.8. The minimum absolute atomic E-state index is 0.156. The molecule has 9 heteroatoms. The topological polar surface area (TPSA) is 90.5 Å². The van der Waals surface area contributed by atoms with Crippen molar-refractivity contribution in [3.8, 4) is 0 Å². The van der Waals surface area contributed by atoms with E-state index < -0.39 is 10.2 Å². The summed E-state index contributed by atoms with van der Waals surface area (Å²) in [5.74, 6) is 1.56. The molecular formula is C21H30N6O2S. The Hall–Kier alpha value is -1.97. The highest BCUT2D eigenvalue weighted by Crippen LogP contribution is 2.60. The van der Waals surface area contributed by atoms with Gasteiger partial charge in [0.2, 0.25) is 5.95 Å². The minimum atomic E-state index is -3.36. The third-order valence-electron chi connectivity index (χ3n) is 7.24. The van der Waals surface area contributed by atoms with E-state index in [0.29, 0.717) is 30.5 Å². The molecule has 2 N–H and O–H groups in total. The number of aromatic nitrogens is 2. The molecule has 0 radical (unpaired) electrons. The number of nitrogens with one attached hydrogen (secondary N) is 2. The monoisotopic (exact) mass is 430 g/mol. The van der Waals surface area contributed by atoms with Crippen LogP contribution in [0.5, 0.6) is 0 Å². The maximum atomic E-state index is 12.0. The molecule has 1 saturated heterocycles. The molecule has 8 nitrogen and oxygen atoms in total. The van der Waals surface area contributed by atoms with E-state index in [0.717, 1.165) is 29.9 Å². The van der Waals surface area contributed by atoms with Gasteiger partial charge >= 0.3 is 0 Å². The summed E-state index contributed by atoms with van der Waals surface area (Å²) in [7, 11) is -1.91. The zero-order valence-electron chi connectivity index (χ0n) is 17.5. The van der Waals surface area contributed by atoms with Crippen molar-refractivity contribution in [2.24, 2.45) is 5.41 Å². The Labute approximate surface area is 178 Å². The van der Waals surface area contributed by atoms with Crippen LogP contribution in [0.25, 0.3) is 6.08 Å². The summed E-state index contributed by atoms with van der Waals surface area (Å²) >= 11 is 0. The molecule has 2 saturated carbocycles. The lowest BCUT2D eigenvalue weighted by molar-refractivity contribution is 0.326. The highest BCUT2D eigenvalue weighted by atomic mass is 32.2. The maximum absolute atomic E-state index is 12.0. The van der Waals surface area contributed by atoms with Crippen molar-refractivity contribution in [1.82, 2.24) is 19.0 Å². The summed E-state index contributed by atoms with van der Waals surface area (Å²) in [5, 5.41) is 3.44. The van der Waals surface area contributed by atoms with Crippen LogP contribution in [0.3, 0.4) is 0 Å². The molecule has 1 atom stereocenters. The number of rotatable bonds is 5. The van der Waals surface area contributed by atoms with Crippen LogP contribution in [0.15, 0.2) is 24.5 Å². The van der Waals surface area contributed by atoms with E-state index in [4.69, 9.17) is 4.98 Å². The fourth-order valence-electron chi connectivity index (χ4n) is 5.33. The highest BCUT2D eigenvalue weighted by Gasteiger charge is 2.55. The molecule has 1 aromatic rings. The number of hydrogen-bond donors (Lipinski definition) is 2. The molecule has 2 aliphatic heterocycles. The normalized spacial score (nSPS) is 26.2. The molecule has 30 heavy (non-hydrogen) atoms. The number of hydrogen-bond acceptors (Lipinski definition) is 6. The van der Waals surface area contributed by atoms with Gasteiger partial charge in [0.15, 0.2) is 0 Å². The van der Waals surface area contributed by atoms with Crippen molar-refractivity contribution in [3.05, 3.63) is 30.1 Å². The van der Waals surface area contributed by atoms with E-state index in [1.165, 1.54) is 43.5 Å². The Kier molecular flexibility index (Phi) is 4.87. The standard InChI is InChI=1S/C21H30N6O2S/c1-15-5-6-16-14-23-20(24-17-7-12-26(13-8-17)30(28,29)22-2)25-19(16)27(15)18-4-3-9-21(18)10-11-21/h5-6,14,17-18,22H,1,3-4,7-13H2,2H3,(H,23,24,25)/t18-/m0/s1. The van der Waals surface area contributed by atoms with E-state index in [2.05, 4.69) is 32.6 Å². The number of allylic oxidation sites excluding steroid dienone is 1. The number of nitrogens with zero attached hydrogens (tertiary/aromatic N) is 4. The van der Waals surface area contributed by atoms with Gasteiger partial charge in [-0.1, -0.05) is 13.0 Å². The second kappa shape index (κ2) is 7.32. The largest absolute Gasteiger partial charge is 0.351 e. The molecule has 0 bridgehead atoms. The smallest absolute Gasteiger partial charge is 0.279 e. The second-order valence-corrected chi connectivity index (χ2v) is 10.8. The molecule has 3 heterocycles. The van der Waals surface area contributed by atoms with E-state index in [9.17, 15) is 8.42 Å². The number of fused-ring (bicyclic) bond motifs is 1. The van der Waals surface area contributed by atoms with Crippen molar-refractivity contribution in [1.29, 1.82) is 0 Å². The van der Waals surface area contributed by atoms with Gasteiger partial charge in [0.05, 0.1) is 0 Å². The first-order valence-electron chi connectivity index (χ1n) is 10.9. The zero-order chi connectivity index (χ0) is 20.9. The van der Waals surface area contributed by atoms with Crippen molar-refractivity contribution in [3.63, 3.8) is 0 Å². The molecule has 162 valence electrons. The summed E-state index contributed by atoms with van der Waals surface area (Å²) in [5.41, 5.74) is 2.50. The van der Waals surface area contributed by atoms with E-state index in [-0.39, 0.29) is 6.04 Å². The zero-order valence-corrected chi connectivity index (χ0v) is 18.3. The average molecular weight is 431 g/mol. The number of anilines is 2. The summed E-state index contributed by atoms with van der Waals surface area (Å²) in [6.45, 7) is 5.28. The lowest BCUT2D eigenvalue weighted by Gasteiger charge is -2.37. The van der Waals surface area contributed by atoms with E-state index in [1.807, 2.05) is 12.3 Å². The number of piperidine rings is 1. The van der Waals surface area contributed by atoms with Crippen molar-refractivity contribution >= 4 is 28.1 Å². The quantitative estimate of drug-likeness (QED) is 0.746. The van der Waals surface area contributed by atoms with Gasteiger partial charge in [0, 0.05) is 49.7 Å². The van der Waals surface area contributed by atoms with Crippen molar-refractivity contribution in [2.45, 2.75) is 57.0 Å². The lowest BCUT2D eigenvalue weighted by atomic mass is 9.96. The van der Waals surface area contributed by atoms with Crippen LogP contribution in [-0.4, -0.2) is 54.9 Å². The average Bonchev–Trinajstić information content (AvgIpc) is 3.41. The van der Waals surface area contributed by atoms with Crippen LogP contribution in [0.2, 0.25) is 0 Å². The Bertz CT molecular complexity index is 979. The van der Waals surface area contributed by atoms with Crippen LogP contribution < -0.4 is 14.9 Å². The Balaban J connectivity index is 1.33. The summed E-state index contributed by atoms with van der Waals surface area (Å²) in [6.07, 6.45) is 13.9. The fraction of sp³-hybridized carbons (Fsp3) is 0.619. The van der Waals surface area contributed by atoms with Gasteiger partial charge in [-0.25, -0.2) is 9.71 Å². The predicted octanol–water partition coefficient (Wildman–Crippen LogP) is 2.50. The molecule has 1 aromatic heterocycles. The first kappa shape index (κ1) is 20.0. The summed E-state index contributed by atoms with van der Waals surface area (Å²) in [6, 6.07) is 0.634. The lowest BCUT2D eigenvalue weighted by Crippen LogP contribution is -2.46. The van der Waals surface area contributed by atoms with E-state index in [1.54, 1.807) is 0 Å². The SMILES string of the molecule is C=C1C=Cc2cnc(NC3CCN(S(=O)(=O)NC)CC3)nc2N1[C@H]1CCCC12CC2. The molecule has 0 aromatic carbocycles. The molecule has 1 spiro atoms. The molecule has 2 aliphatic carbocycles. The molecule has 4 aliphatic rings. The third-order valence-corrected chi connectivity index (χ3v) is 8.80. The third kappa shape index (κ3) is 3.42. The van der Waals surface area contributed by atoms with Gasteiger partial charge < -0.3 is 10.2 Å². The van der Waals surface area contributed by atoms with Gasteiger partial charge in [-0.3, -0.25) is 0 Å². The second-order valence-electron chi connectivity index (χ2n) is 8.96. The Morgan fingerprint density at radius 1 is 1.17 bits per heavy atom. The van der Waals surface area contributed by atoms with Crippen molar-refractivity contribution < 1.29 is 8.42 Å². The molecular weight excluding hydrogens is 400 g/mol. The van der Waals surface area contributed by atoms with Crippen LogP contribution in [-0.2, 0) is 10.2 Å². The van der Waals surface area contributed by atoms with Crippen LogP contribution in [0, 0.1) is 5.41 Å². The van der Waals surface area contributed by atoms with Gasteiger partial charge in [-0.15, -0.1) is 0 Å². The van der Waals surface area contributed by atoms with Crippen LogP contribution >= 0.6 is 0 Å². The first-order valence-corrected chi connectivity index (χ1v) is 12.3. The first-order chi connectivity index (χ1) is 14.4. The van der Waals surface area contributed by atoms with Gasteiger partial charge in [-0.2, -0.15) is 17.7 Å². The molecule has 3 fully saturated rings. The van der Waals surface area contributed by atoms with Gasteiger partial charge in [-0.05, 0) is 56.1 Å². The van der Waals surface area contributed by atoms with E-state index >= 15 is 0 Å². The summed E-state index contributed by atoms with van der Waals surface area (Å²) in [4.78, 5) is 11.8. The highest BCUT2D eigenvalue weighted by molar-refractivity contribution is 7.87. The molecule has 0 amide bonds. The van der Waals surface area contributed by atoms with Crippen LogP contribution in [0.1, 0.15) is 50.5 Å². The molecule has 5 rings (SSSR count). The minimum Gasteiger partial charge on any atom is -0.351 e. The fourth-order valence-corrected chi connectivity index (χ4v) is 6.28. The Morgan fingerprint density at radius 3 is 2.63 bits per heavy atom. The maximum Gasteiger partial charge on any atom is 0.279 e. The van der Waals surface area contributed by atoms with Crippen LogP contribution in [0.4, 0.5) is 11.8 Å². The van der Waals surface area contributed by atoms with Gasteiger partial charge in [0.1, 0.15) is 5.82 Å². The molecule has 0 unspecified atom stereocenters. The van der Waals surface area contributed by atoms with Gasteiger partial charge in [0.25, 0.3) is 10.2 Å². The van der Waals surface area contributed by atoms with Crippen molar-refractivity contribution in [2.75, 3.05) is 30.4 Å². The predicted molar refractivity (Wildman–Crippen MR) is 118 cm³/mol.